The first kappa shape index (κ1) is 25.4. The van der Waals surface area contributed by atoms with Crippen LogP contribution in [0.5, 0.6) is 0 Å². The zero-order chi connectivity index (χ0) is 23.7. The van der Waals surface area contributed by atoms with Crippen LogP contribution in [0.25, 0.3) is 0 Å². The second kappa shape index (κ2) is 11.0. The third kappa shape index (κ3) is 8.74. The summed E-state index contributed by atoms with van der Waals surface area (Å²) in [6, 6.07) is 8.35. The molecular weight excluding hydrogens is 406 g/mol. The van der Waals surface area contributed by atoms with E-state index in [2.05, 4.69) is 15.4 Å². The monoisotopic (exact) mass is 433 g/mol. The van der Waals surface area contributed by atoms with Gasteiger partial charge in [-0.2, -0.15) is 5.26 Å². The molecule has 1 aromatic carbocycles. The fraction of sp³-hybridized carbons (Fsp3) is 0.476. The first-order valence-corrected chi connectivity index (χ1v) is 9.48. The average molecular weight is 433 g/mol. The van der Waals surface area contributed by atoms with E-state index in [4.69, 9.17) is 15.1 Å². The molecule has 0 heterocycles. The van der Waals surface area contributed by atoms with E-state index in [1.54, 1.807) is 39.0 Å². The van der Waals surface area contributed by atoms with E-state index in [9.17, 15) is 19.2 Å². The Balaban J connectivity index is 3.31. The molecule has 0 fully saturated rings. The maximum atomic E-state index is 13.0. The molecule has 10 nitrogen and oxygen atoms in total. The highest BCUT2D eigenvalue weighted by Gasteiger charge is 2.41. The summed E-state index contributed by atoms with van der Waals surface area (Å²) >= 11 is 0. The van der Waals surface area contributed by atoms with Gasteiger partial charge < -0.3 is 25.2 Å². The lowest BCUT2D eigenvalue weighted by Crippen LogP contribution is -2.61. The van der Waals surface area contributed by atoms with E-state index in [1.807, 2.05) is 6.07 Å². The molecule has 3 N–H and O–H groups in total. The standard InChI is InChI=1S/C21H27N3O7/c1-20(2,3)31-17(27)8-9-21(24-19(29)30-4,18(28)23-13-16(25)26)11-14-6-5-7-15(10-14)12-22/h5-7,10H,8-9,11,13H2,1-4H3,(H,23,28)(H,24,29)(H,25,26)/t21-/m1/s1. The number of rotatable bonds is 9. The molecule has 0 aliphatic heterocycles. The van der Waals surface area contributed by atoms with Crippen molar-refractivity contribution in [1.82, 2.24) is 10.6 Å². The van der Waals surface area contributed by atoms with Crippen molar-refractivity contribution in [2.45, 2.75) is 51.2 Å². The first-order valence-electron chi connectivity index (χ1n) is 9.48. The van der Waals surface area contributed by atoms with Crippen molar-refractivity contribution in [3.05, 3.63) is 35.4 Å². The number of methoxy groups -OCH3 is 1. The topological polar surface area (TPSA) is 155 Å². The molecule has 1 aromatic rings. The molecule has 0 saturated heterocycles. The number of hydrogen-bond acceptors (Lipinski definition) is 7. The number of amides is 2. The summed E-state index contributed by atoms with van der Waals surface area (Å²) in [5.41, 5.74) is -1.62. The van der Waals surface area contributed by atoms with Crippen molar-refractivity contribution in [2.75, 3.05) is 13.7 Å². The van der Waals surface area contributed by atoms with E-state index >= 15 is 0 Å². The summed E-state index contributed by atoms with van der Waals surface area (Å²) in [6.07, 6.45) is -1.49. The Morgan fingerprint density at radius 3 is 2.42 bits per heavy atom. The number of alkyl carbamates (subject to hydrolysis) is 1. The minimum absolute atomic E-state index is 0.119. The SMILES string of the molecule is COC(=O)N[C@](CCC(=O)OC(C)(C)C)(Cc1cccc(C#N)c1)C(=O)NCC(=O)O. The Kier molecular flexibility index (Phi) is 8.99. The quantitative estimate of drug-likeness (QED) is 0.495. The summed E-state index contributed by atoms with van der Waals surface area (Å²) in [7, 11) is 1.11. The van der Waals surface area contributed by atoms with Gasteiger partial charge in [-0.05, 0) is 44.9 Å². The maximum absolute atomic E-state index is 13.0. The summed E-state index contributed by atoms with van der Waals surface area (Å²) in [4.78, 5) is 48.3. The van der Waals surface area contributed by atoms with Gasteiger partial charge in [0.2, 0.25) is 5.91 Å². The van der Waals surface area contributed by atoms with E-state index in [0.29, 0.717) is 11.1 Å². The highest BCUT2D eigenvalue weighted by atomic mass is 16.6. The number of aliphatic carboxylic acids is 1. The average Bonchev–Trinajstić information content (AvgIpc) is 2.68. The third-order valence-corrected chi connectivity index (χ3v) is 4.10. The van der Waals surface area contributed by atoms with Crippen LogP contribution in [0.2, 0.25) is 0 Å². The van der Waals surface area contributed by atoms with Crippen molar-refractivity contribution in [3.8, 4) is 6.07 Å². The zero-order valence-electron chi connectivity index (χ0n) is 18.0. The van der Waals surface area contributed by atoms with Crippen LogP contribution < -0.4 is 10.6 Å². The Morgan fingerprint density at radius 2 is 1.87 bits per heavy atom. The number of carbonyl (C=O) groups excluding carboxylic acids is 3. The Bertz CT molecular complexity index is 870. The maximum Gasteiger partial charge on any atom is 0.407 e. The Morgan fingerprint density at radius 1 is 1.19 bits per heavy atom. The fourth-order valence-electron chi connectivity index (χ4n) is 2.82. The largest absolute Gasteiger partial charge is 0.480 e. The molecule has 168 valence electrons. The number of nitrogens with zero attached hydrogens (tertiary/aromatic N) is 1. The smallest absolute Gasteiger partial charge is 0.407 e. The van der Waals surface area contributed by atoms with Gasteiger partial charge >= 0.3 is 18.0 Å². The summed E-state index contributed by atoms with van der Waals surface area (Å²) in [5.74, 6) is -2.69. The normalized spacial score (nSPS) is 12.6. The summed E-state index contributed by atoms with van der Waals surface area (Å²) in [5, 5.41) is 22.8. The van der Waals surface area contributed by atoms with Gasteiger partial charge in [0.25, 0.3) is 0 Å². The zero-order valence-corrected chi connectivity index (χ0v) is 18.0. The van der Waals surface area contributed by atoms with Crippen LogP contribution in [0.3, 0.4) is 0 Å². The van der Waals surface area contributed by atoms with Crippen LogP contribution in [0, 0.1) is 11.3 Å². The van der Waals surface area contributed by atoms with Crippen molar-refractivity contribution < 1.29 is 33.8 Å². The second-order valence-corrected chi connectivity index (χ2v) is 7.85. The number of nitriles is 1. The molecule has 1 atom stereocenters. The second-order valence-electron chi connectivity index (χ2n) is 7.85. The minimum atomic E-state index is -1.73. The molecule has 31 heavy (non-hydrogen) atoms. The third-order valence-electron chi connectivity index (χ3n) is 4.10. The van der Waals surface area contributed by atoms with E-state index in [1.165, 1.54) is 6.07 Å². The predicted molar refractivity (Wildman–Crippen MR) is 109 cm³/mol. The van der Waals surface area contributed by atoms with E-state index in [0.717, 1.165) is 7.11 Å². The van der Waals surface area contributed by atoms with Crippen molar-refractivity contribution >= 4 is 23.9 Å². The number of hydrogen-bond donors (Lipinski definition) is 3. The van der Waals surface area contributed by atoms with E-state index < -0.39 is 41.6 Å². The van der Waals surface area contributed by atoms with Crippen LogP contribution in [0.15, 0.2) is 24.3 Å². The highest BCUT2D eigenvalue weighted by Crippen LogP contribution is 2.23. The lowest BCUT2D eigenvalue weighted by molar-refractivity contribution is -0.155. The van der Waals surface area contributed by atoms with Crippen LogP contribution in [0.4, 0.5) is 4.79 Å². The Labute approximate surface area is 180 Å². The van der Waals surface area contributed by atoms with Crippen molar-refractivity contribution in [1.29, 1.82) is 5.26 Å². The molecule has 0 aliphatic carbocycles. The molecule has 0 saturated carbocycles. The molecule has 0 spiro atoms. The molecule has 0 aromatic heterocycles. The van der Waals surface area contributed by atoms with Crippen LogP contribution in [-0.2, 0) is 30.3 Å². The number of ether oxygens (including phenoxy) is 2. The number of esters is 1. The van der Waals surface area contributed by atoms with Gasteiger partial charge in [0.05, 0.1) is 18.7 Å². The van der Waals surface area contributed by atoms with Crippen LogP contribution >= 0.6 is 0 Å². The van der Waals surface area contributed by atoms with Gasteiger partial charge in [-0.3, -0.25) is 14.4 Å². The number of carbonyl (C=O) groups is 4. The van der Waals surface area contributed by atoms with E-state index in [-0.39, 0.29) is 19.3 Å². The first-order chi connectivity index (χ1) is 14.4. The van der Waals surface area contributed by atoms with Crippen molar-refractivity contribution in [2.24, 2.45) is 0 Å². The number of carboxylic acids is 1. The number of benzene rings is 1. The Hall–Kier alpha value is -3.61. The molecule has 0 bridgehead atoms. The van der Waals surface area contributed by atoms with Crippen LogP contribution in [-0.4, -0.2) is 53.8 Å². The van der Waals surface area contributed by atoms with Gasteiger partial charge in [0.15, 0.2) is 0 Å². The van der Waals surface area contributed by atoms with Crippen molar-refractivity contribution in [3.63, 3.8) is 0 Å². The van der Waals surface area contributed by atoms with Crippen LogP contribution in [0.1, 0.15) is 44.7 Å². The fourth-order valence-corrected chi connectivity index (χ4v) is 2.82. The highest BCUT2D eigenvalue weighted by molar-refractivity contribution is 5.92. The molecule has 0 unspecified atom stereocenters. The van der Waals surface area contributed by atoms with Gasteiger partial charge in [-0.15, -0.1) is 0 Å². The lowest BCUT2D eigenvalue weighted by Gasteiger charge is -2.33. The molecule has 1 rings (SSSR count). The number of nitrogens with one attached hydrogen (secondary N) is 2. The lowest BCUT2D eigenvalue weighted by atomic mass is 9.84. The number of carboxylic acid groups (broad SMARTS) is 1. The molecule has 2 amide bonds. The molecular formula is C21H27N3O7. The summed E-state index contributed by atoms with van der Waals surface area (Å²) in [6.45, 7) is 4.39. The molecule has 10 heteroatoms. The van der Waals surface area contributed by atoms with Gasteiger partial charge in [-0.25, -0.2) is 4.79 Å². The molecule has 0 aliphatic rings. The summed E-state index contributed by atoms with van der Waals surface area (Å²) < 4.78 is 9.91. The van der Waals surface area contributed by atoms with Gasteiger partial charge in [0.1, 0.15) is 17.7 Å². The predicted octanol–water partition coefficient (Wildman–Crippen LogP) is 1.52. The van der Waals surface area contributed by atoms with Gasteiger partial charge in [-0.1, -0.05) is 12.1 Å². The van der Waals surface area contributed by atoms with Gasteiger partial charge in [0, 0.05) is 12.8 Å². The molecule has 0 radical (unpaired) electrons. The minimum Gasteiger partial charge on any atom is -0.480 e.